The third kappa shape index (κ3) is 4.64. The van der Waals surface area contributed by atoms with Gasteiger partial charge >= 0.3 is 0 Å². The van der Waals surface area contributed by atoms with Crippen LogP contribution < -0.4 is 0 Å². The van der Waals surface area contributed by atoms with Crippen molar-refractivity contribution < 1.29 is 0 Å². The van der Waals surface area contributed by atoms with E-state index in [0.717, 1.165) is 12.8 Å². The molecule has 10 heavy (non-hydrogen) atoms. The summed E-state index contributed by atoms with van der Waals surface area (Å²) in [6, 6.07) is 2.14. The molecule has 0 aromatic carbocycles. The van der Waals surface area contributed by atoms with E-state index >= 15 is 0 Å². The van der Waals surface area contributed by atoms with Gasteiger partial charge in [0.25, 0.3) is 0 Å². The van der Waals surface area contributed by atoms with Crippen molar-refractivity contribution in [3.8, 4) is 6.07 Å². The van der Waals surface area contributed by atoms with Gasteiger partial charge in [-0.1, -0.05) is 13.8 Å². The Bertz CT molecular complexity index is 124. The van der Waals surface area contributed by atoms with Crippen LogP contribution in [0.3, 0.4) is 0 Å². The van der Waals surface area contributed by atoms with Crippen LogP contribution in [0.15, 0.2) is 0 Å². The highest BCUT2D eigenvalue weighted by Gasteiger charge is 2.15. The van der Waals surface area contributed by atoms with E-state index in [2.05, 4.69) is 19.9 Å². The second-order valence-electron chi connectivity index (χ2n) is 3.26. The Morgan fingerprint density at radius 2 is 2.00 bits per heavy atom. The maximum atomic E-state index is 8.31. The molecule has 0 radical (unpaired) electrons. The second-order valence-corrected chi connectivity index (χ2v) is 3.64. The second kappa shape index (κ2) is 4.57. The van der Waals surface area contributed by atoms with E-state index in [9.17, 15) is 0 Å². The molecule has 0 bridgehead atoms. The molecule has 0 amide bonds. The van der Waals surface area contributed by atoms with Crippen molar-refractivity contribution in [2.75, 3.05) is 5.88 Å². The van der Waals surface area contributed by atoms with Crippen molar-refractivity contribution in [2.24, 2.45) is 5.41 Å². The third-order valence-electron chi connectivity index (χ3n) is 1.68. The molecule has 58 valence electrons. The summed E-state index contributed by atoms with van der Waals surface area (Å²) in [4.78, 5) is 0. The third-order valence-corrected chi connectivity index (χ3v) is 1.87. The van der Waals surface area contributed by atoms with Gasteiger partial charge in [0.1, 0.15) is 0 Å². The van der Waals surface area contributed by atoms with E-state index in [1.807, 2.05) is 0 Å². The number of nitriles is 1. The Hall–Kier alpha value is -0.220. The lowest BCUT2D eigenvalue weighted by molar-refractivity contribution is 0.328. The van der Waals surface area contributed by atoms with Crippen LogP contribution in [-0.4, -0.2) is 5.88 Å². The molecule has 0 N–H and O–H groups in total. The van der Waals surface area contributed by atoms with Crippen LogP contribution >= 0.6 is 11.6 Å². The van der Waals surface area contributed by atoms with Gasteiger partial charge in [-0.2, -0.15) is 5.26 Å². The molecule has 0 aromatic heterocycles. The highest BCUT2D eigenvalue weighted by molar-refractivity contribution is 6.17. The van der Waals surface area contributed by atoms with Crippen LogP contribution in [-0.2, 0) is 0 Å². The van der Waals surface area contributed by atoms with Gasteiger partial charge in [0.2, 0.25) is 0 Å². The SMILES string of the molecule is CC(C)(CCCl)CCC#N. The summed E-state index contributed by atoms with van der Waals surface area (Å²) in [6.45, 7) is 4.29. The minimum absolute atomic E-state index is 0.248. The molecule has 0 rings (SSSR count). The van der Waals surface area contributed by atoms with Gasteiger partial charge in [0.15, 0.2) is 0 Å². The maximum Gasteiger partial charge on any atom is 0.0621 e. The summed E-state index contributed by atoms with van der Waals surface area (Å²) in [5, 5.41) is 8.31. The maximum absolute atomic E-state index is 8.31. The molecule has 0 aliphatic carbocycles. The molecule has 1 nitrogen and oxygen atoms in total. The fraction of sp³-hybridized carbons (Fsp3) is 0.875. The first-order valence-electron chi connectivity index (χ1n) is 3.55. The van der Waals surface area contributed by atoms with E-state index in [4.69, 9.17) is 16.9 Å². The lowest BCUT2D eigenvalue weighted by atomic mass is 9.85. The fourth-order valence-corrected chi connectivity index (χ4v) is 1.29. The number of rotatable bonds is 4. The number of halogens is 1. The molecular weight excluding hydrogens is 146 g/mol. The molecule has 0 spiro atoms. The summed E-state index contributed by atoms with van der Waals surface area (Å²) >= 11 is 5.58. The quantitative estimate of drug-likeness (QED) is 0.579. The van der Waals surface area contributed by atoms with Gasteiger partial charge in [-0.25, -0.2) is 0 Å². The summed E-state index contributed by atoms with van der Waals surface area (Å²) in [5.74, 6) is 0.693. The standard InChI is InChI=1S/C8H14ClN/c1-8(2,5-6-9)4-3-7-10/h3-6H2,1-2H3. The molecule has 0 aromatic rings. The molecule has 0 saturated heterocycles. The van der Waals surface area contributed by atoms with Gasteiger partial charge in [0.05, 0.1) is 6.07 Å². The number of hydrogen-bond acceptors (Lipinski definition) is 1. The molecule has 0 saturated carbocycles. The number of hydrogen-bond donors (Lipinski definition) is 0. The Morgan fingerprint density at radius 1 is 1.40 bits per heavy atom. The zero-order valence-electron chi connectivity index (χ0n) is 6.65. The number of alkyl halides is 1. The molecule has 0 atom stereocenters. The zero-order valence-corrected chi connectivity index (χ0v) is 7.41. The summed E-state index contributed by atoms with van der Waals surface area (Å²) in [5.41, 5.74) is 0.248. The Kier molecular flexibility index (Phi) is 4.47. The lowest BCUT2D eigenvalue weighted by Crippen LogP contribution is -2.11. The topological polar surface area (TPSA) is 23.8 Å². The van der Waals surface area contributed by atoms with Gasteiger partial charge in [-0.15, -0.1) is 11.6 Å². The van der Waals surface area contributed by atoms with E-state index < -0.39 is 0 Å². The van der Waals surface area contributed by atoms with Gasteiger partial charge < -0.3 is 0 Å². The molecule has 0 unspecified atom stereocenters. The monoisotopic (exact) mass is 159 g/mol. The highest BCUT2D eigenvalue weighted by atomic mass is 35.5. The van der Waals surface area contributed by atoms with Crippen LogP contribution in [0, 0.1) is 16.7 Å². The summed E-state index contributed by atoms with van der Waals surface area (Å²) in [7, 11) is 0. The summed E-state index contributed by atoms with van der Waals surface area (Å²) in [6.07, 6.45) is 2.59. The van der Waals surface area contributed by atoms with Crippen LogP contribution in [0.2, 0.25) is 0 Å². The van der Waals surface area contributed by atoms with E-state index in [0.29, 0.717) is 12.3 Å². The van der Waals surface area contributed by atoms with Crippen LogP contribution in [0.25, 0.3) is 0 Å². The Balaban J connectivity index is 3.54. The molecule has 2 heteroatoms. The average molecular weight is 160 g/mol. The van der Waals surface area contributed by atoms with Crippen molar-refractivity contribution >= 4 is 11.6 Å². The fourth-order valence-electron chi connectivity index (χ4n) is 0.775. The van der Waals surface area contributed by atoms with Gasteiger partial charge in [-0.3, -0.25) is 0 Å². The molecule has 0 fully saturated rings. The van der Waals surface area contributed by atoms with Crippen molar-refractivity contribution in [1.82, 2.24) is 0 Å². The highest BCUT2D eigenvalue weighted by Crippen LogP contribution is 2.26. The smallest absolute Gasteiger partial charge is 0.0621 e. The van der Waals surface area contributed by atoms with Gasteiger partial charge in [-0.05, 0) is 18.3 Å². The molecule has 0 heterocycles. The molecular formula is C8H14ClN. The lowest BCUT2D eigenvalue weighted by Gasteiger charge is -2.21. The Morgan fingerprint density at radius 3 is 2.40 bits per heavy atom. The minimum Gasteiger partial charge on any atom is -0.198 e. The van der Waals surface area contributed by atoms with Crippen molar-refractivity contribution in [1.29, 1.82) is 5.26 Å². The normalized spacial score (nSPS) is 11.0. The average Bonchev–Trinajstić information content (AvgIpc) is 1.84. The van der Waals surface area contributed by atoms with Crippen molar-refractivity contribution in [3.05, 3.63) is 0 Å². The molecule has 0 aliphatic heterocycles. The number of nitrogens with zero attached hydrogens (tertiary/aromatic N) is 1. The predicted octanol–water partition coefficient (Wildman–Crippen LogP) is 2.95. The van der Waals surface area contributed by atoms with E-state index in [1.54, 1.807) is 0 Å². The van der Waals surface area contributed by atoms with Crippen LogP contribution in [0.4, 0.5) is 0 Å². The Labute approximate surface area is 68.0 Å². The first-order valence-corrected chi connectivity index (χ1v) is 4.09. The first kappa shape index (κ1) is 9.78. The van der Waals surface area contributed by atoms with Gasteiger partial charge in [0, 0.05) is 12.3 Å². The van der Waals surface area contributed by atoms with E-state index in [-0.39, 0.29) is 5.41 Å². The van der Waals surface area contributed by atoms with E-state index in [1.165, 1.54) is 0 Å². The first-order chi connectivity index (χ1) is 4.62. The predicted molar refractivity (Wildman–Crippen MR) is 44.0 cm³/mol. The minimum atomic E-state index is 0.248. The van der Waals surface area contributed by atoms with Crippen LogP contribution in [0.5, 0.6) is 0 Å². The van der Waals surface area contributed by atoms with Crippen molar-refractivity contribution in [3.63, 3.8) is 0 Å². The largest absolute Gasteiger partial charge is 0.198 e. The zero-order chi connectivity index (χ0) is 8.04. The molecule has 0 aliphatic rings. The van der Waals surface area contributed by atoms with Crippen LogP contribution in [0.1, 0.15) is 33.1 Å². The van der Waals surface area contributed by atoms with Crippen molar-refractivity contribution in [2.45, 2.75) is 33.1 Å². The summed E-state index contributed by atoms with van der Waals surface area (Å²) < 4.78 is 0.